The number of halogens is 1. The van der Waals surface area contributed by atoms with Crippen LogP contribution >= 0.6 is 24.0 Å². The number of pyridine rings is 1. The maximum atomic E-state index is 4.39. The minimum absolute atomic E-state index is 0. The quantitative estimate of drug-likeness (QED) is 0.483. The van der Waals surface area contributed by atoms with Gasteiger partial charge in [0.2, 0.25) is 0 Å². The third-order valence-corrected chi connectivity index (χ3v) is 3.10. The summed E-state index contributed by atoms with van der Waals surface area (Å²) in [5.41, 5.74) is 0. The van der Waals surface area contributed by atoms with Gasteiger partial charge in [0.25, 0.3) is 0 Å². The second kappa shape index (κ2) is 8.19. The van der Waals surface area contributed by atoms with Crippen molar-refractivity contribution in [1.29, 1.82) is 0 Å². The molecule has 0 bridgehead atoms. The molecule has 19 heavy (non-hydrogen) atoms. The van der Waals surface area contributed by atoms with E-state index in [4.69, 9.17) is 0 Å². The number of rotatable bonds is 2. The number of hydrogen-bond acceptors (Lipinski definition) is 3. The third-order valence-electron chi connectivity index (χ3n) is 3.10. The summed E-state index contributed by atoms with van der Waals surface area (Å²) in [6.45, 7) is 6.94. The molecule has 1 aliphatic rings. The molecule has 1 N–H and O–H groups in total. The van der Waals surface area contributed by atoms with Gasteiger partial charge in [-0.05, 0) is 19.1 Å². The van der Waals surface area contributed by atoms with Gasteiger partial charge in [0.05, 0.1) is 0 Å². The van der Waals surface area contributed by atoms with E-state index in [1.54, 1.807) is 0 Å². The van der Waals surface area contributed by atoms with Crippen molar-refractivity contribution in [3.8, 4) is 0 Å². The molecule has 0 aliphatic carbocycles. The molecule has 6 heteroatoms. The Balaban J connectivity index is 0.00000180. The Morgan fingerprint density at radius 3 is 2.58 bits per heavy atom. The van der Waals surface area contributed by atoms with Gasteiger partial charge in [0.15, 0.2) is 5.96 Å². The van der Waals surface area contributed by atoms with E-state index in [-0.39, 0.29) is 24.0 Å². The average molecular weight is 375 g/mol. The standard InChI is InChI=1S/C13H21N5.HI/c1-3-15-13(14-2)18-10-8-17(9-11-18)12-6-4-5-7-16-12;/h4-7H,3,8-11H2,1-2H3,(H,14,15);1H. The van der Waals surface area contributed by atoms with Gasteiger partial charge < -0.3 is 15.1 Å². The molecule has 1 aliphatic heterocycles. The first kappa shape index (κ1) is 16.0. The van der Waals surface area contributed by atoms with Crippen molar-refractivity contribution in [2.24, 2.45) is 4.99 Å². The maximum Gasteiger partial charge on any atom is 0.193 e. The molecular weight excluding hydrogens is 353 g/mol. The van der Waals surface area contributed by atoms with Crippen LogP contribution in [0.15, 0.2) is 29.4 Å². The lowest BCUT2D eigenvalue weighted by Crippen LogP contribution is -2.52. The molecular formula is C13H22IN5. The summed E-state index contributed by atoms with van der Waals surface area (Å²) in [5, 5.41) is 3.30. The van der Waals surface area contributed by atoms with Crippen LogP contribution in [0.5, 0.6) is 0 Å². The number of anilines is 1. The molecule has 0 amide bonds. The Kier molecular flexibility index (Phi) is 6.90. The van der Waals surface area contributed by atoms with E-state index in [0.717, 1.165) is 44.5 Å². The maximum absolute atomic E-state index is 4.39. The minimum Gasteiger partial charge on any atom is -0.357 e. The molecule has 5 nitrogen and oxygen atoms in total. The fraction of sp³-hybridized carbons (Fsp3) is 0.538. The van der Waals surface area contributed by atoms with Crippen molar-refractivity contribution < 1.29 is 0 Å². The second-order valence-electron chi connectivity index (χ2n) is 4.24. The summed E-state index contributed by atoms with van der Waals surface area (Å²) in [7, 11) is 1.84. The van der Waals surface area contributed by atoms with Crippen LogP contribution in [-0.2, 0) is 0 Å². The lowest BCUT2D eigenvalue weighted by molar-refractivity contribution is 0.372. The summed E-state index contributed by atoms with van der Waals surface area (Å²) >= 11 is 0. The van der Waals surface area contributed by atoms with Gasteiger partial charge in [-0.1, -0.05) is 6.07 Å². The van der Waals surface area contributed by atoms with Gasteiger partial charge in [-0.3, -0.25) is 4.99 Å². The van der Waals surface area contributed by atoms with E-state index < -0.39 is 0 Å². The Morgan fingerprint density at radius 1 is 1.32 bits per heavy atom. The highest BCUT2D eigenvalue weighted by Crippen LogP contribution is 2.12. The highest BCUT2D eigenvalue weighted by Gasteiger charge is 2.19. The van der Waals surface area contributed by atoms with Crippen molar-refractivity contribution in [2.75, 3.05) is 44.7 Å². The van der Waals surface area contributed by atoms with Gasteiger partial charge in [-0.2, -0.15) is 0 Å². The van der Waals surface area contributed by atoms with E-state index in [0.29, 0.717) is 0 Å². The zero-order chi connectivity index (χ0) is 12.8. The molecule has 0 saturated carbocycles. The predicted molar refractivity (Wildman–Crippen MR) is 90.5 cm³/mol. The topological polar surface area (TPSA) is 43.8 Å². The lowest BCUT2D eigenvalue weighted by atomic mass is 10.3. The number of hydrogen-bond donors (Lipinski definition) is 1. The van der Waals surface area contributed by atoms with Crippen molar-refractivity contribution in [2.45, 2.75) is 6.92 Å². The zero-order valence-electron chi connectivity index (χ0n) is 11.5. The van der Waals surface area contributed by atoms with Crippen LogP contribution in [0.3, 0.4) is 0 Å². The van der Waals surface area contributed by atoms with Crippen LogP contribution in [0.25, 0.3) is 0 Å². The molecule has 0 radical (unpaired) electrons. The minimum atomic E-state index is 0. The van der Waals surface area contributed by atoms with E-state index >= 15 is 0 Å². The number of nitrogens with one attached hydrogen (secondary N) is 1. The van der Waals surface area contributed by atoms with Crippen LogP contribution in [-0.4, -0.2) is 55.6 Å². The molecule has 2 rings (SSSR count). The van der Waals surface area contributed by atoms with Crippen LogP contribution < -0.4 is 10.2 Å². The van der Waals surface area contributed by atoms with Crippen molar-refractivity contribution >= 4 is 35.8 Å². The normalized spacial score (nSPS) is 16.0. The van der Waals surface area contributed by atoms with Gasteiger partial charge in [0, 0.05) is 46.0 Å². The Morgan fingerprint density at radius 2 is 2.05 bits per heavy atom. The van der Waals surface area contributed by atoms with Gasteiger partial charge in [-0.25, -0.2) is 4.98 Å². The summed E-state index contributed by atoms with van der Waals surface area (Å²) in [4.78, 5) is 13.3. The fourth-order valence-corrected chi connectivity index (χ4v) is 2.18. The molecule has 2 heterocycles. The highest BCUT2D eigenvalue weighted by atomic mass is 127. The number of piperazine rings is 1. The molecule has 0 spiro atoms. The third kappa shape index (κ3) is 4.22. The van der Waals surface area contributed by atoms with Crippen molar-refractivity contribution in [3.63, 3.8) is 0 Å². The first-order chi connectivity index (χ1) is 8.85. The summed E-state index contributed by atoms with van der Waals surface area (Å²) in [6, 6.07) is 6.05. The van der Waals surface area contributed by atoms with Crippen LogP contribution in [0.4, 0.5) is 5.82 Å². The van der Waals surface area contributed by atoms with Crippen LogP contribution in [0.2, 0.25) is 0 Å². The number of aromatic nitrogens is 1. The SMILES string of the molecule is CCNC(=NC)N1CCN(c2ccccn2)CC1.I. The first-order valence-corrected chi connectivity index (χ1v) is 6.46. The molecule has 1 aromatic rings. The predicted octanol–water partition coefficient (Wildman–Crippen LogP) is 1.42. The fourth-order valence-electron chi connectivity index (χ4n) is 2.18. The average Bonchev–Trinajstić information content (AvgIpc) is 2.46. The number of aliphatic imine (C=N–C) groups is 1. The van der Waals surface area contributed by atoms with E-state index in [1.807, 2.05) is 25.4 Å². The number of nitrogens with zero attached hydrogens (tertiary/aromatic N) is 4. The molecule has 1 aromatic heterocycles. The smallest absolute Gasteiger partial charge is 0.193 e. The first-order valence-electron chi connectivity index (χ1n) is 6.46. The van der Waals surface area contributed by atoms with E-state index in [9.17, 15) is 0 Å². The molecule has 1 fully saturated rings. The highest BCUT2D eigenvalue weighted by molar-refractivity contribution is 14.0. The van der Waals surface area contributed by atoms with E-state index in [1.165, 1.54) is 0 Å². The zero-order valence-corrected chi connectivity index (χ0v) is 13.9. The van der Waals surface area contributed by atoms with Crippen molar-refractivity contribution in [3.05, 3.63) is 24.4 Å². The van der Waals surface area contributed by atoms with Gasteiger partial charge >= 0.3 is 0 Å². The molecule has 106 valence electrons. The van der Waals surface area contributed by atoms with E-state index in [2.05, 4.69) is 38.1 Å². The Labute approximate surface area is 132 Å². The summed E-state index contributed by atoms with van der Waals surface area (Å²) < 4.78 is 0. The van der Waals surface area contributed by atoms with Gasteiger partial charge in [0.1, 0.15) is 5.82 Å². The van der Waals surface area contributed by atoms with Crippen LogP contribution in [0.1, 0.15) is 6.92 Å². The Bertz CT molecular complexity index is 387. The summed E-state index contributed by atoms with van der Waals surface area (Å²) in [6.07, 6.45) is 1.85. The molecule has 0 unspecified atom stereocenters. The number of guanidine groups is 1. The van der Waals surface area contributed by atoms with Crippen molar-refractivity contribution in [1.82, 2.24) is 15.2 Å². The molecule has 0 aromatic carbocycles. The summed E-state index contributed by atoms with van der Waals surface area (Å²) in [5.74, 6) is 2.06. The Hall–Kier alpha value is -1.05. The largest absolute Gasteiger partial charge is 0.357 e. The van der Waals surface area contributed by atoms with Gasteiger partial charge in [-0.15, -0.1) is 24.0 Å². The van der Waals surface area contributed by atoms with Crippen LogP contribution in [0, 0.1) is 0 Å². The molecule has 0 atom stereocenters. The lowest BCUT2D eigenvalue weighted by Gasteiger charge is -2.37. The molecule has 1 saturated heterocycles. The monoisotopic (exact) mass is 375 g/mol. The second-order valence-corrected chi connectivity index (χ2v) is 4.24.